The quantitative estimate of drug-likeness (QED) is 0.200. The van der Waals surface area contributed by atoms with E-state index in [-0.39, 0.29) is 0 Å². The van der Waals surface area contributed by atoms with Gasteiger partial charge in [0.25, 0.3) is 0 Å². The fourth-order valence-corrected chi connectivity index (χ4v) is 6.04. The molecule has 0 spiro atoms. The molecule has 0 atom stereocenters. The van der Waals surface area contributed by atoms with Crippen LogP contribution in [-0.2, 0) is 0 Å². The molecule has 2 heteroatoms. The van der Waals surface area contributed by atoms with Gasteiger partial charge < -0.3 is 9.32 Å². The van der Waals surface area contributed by atoms with E-state index in [4.69, 9.17) is 4.42 Å². The molecule has 2 nitrogen and oxygen atoms in total. The summed E-state index contributed by atoms with van der Waals surface area (Å²) in [5, 5.41) is 3.51. The largest absolute Gasteiger partial charge is 0.456 e. The monoisotopic (exact) mass is 563 g/mol. The lowest BCUT2D eigenvalue weighted by Gasteiger charge is -2.27. The van der Waals surface area contributed by atoms with Gasteiger partial charge in [-0.2, -0.15) is 0 Å². The topological polar surface area (TPSA) is 16.4 Å². The van der Waals surface area contributed by atoms with Crippen LogP contribution in [0.3, 0.4) is 0 Å². The van der Waals surface area contributed by atoms with Crippen LogP contribution in [0.1, 0.15) is 0 Å². The van der Waals surface area contributed by atoms with Crippen molar-refractivity contribution >= 4 is 38.8 Å². The first-order chi connectivity index (χ1) is 21.8. The third kappa shape index (κ3) is 4.83. The molecule has 44 heavy (non-hydrogen) atoms. The van der Waals surface area contributed by atoms with Crippen molar-refractivity contribution in [2.24, 2.45) is 0 Å². The molecule has 8 aromatic rings. The molecular formula is C42H29NO. The first-order valence-corrected chi connectivity index (χ1v) is 14.9. The number of anilines is 3. The zero-order valence-electron chi connectivity index (χ0n) is 24.1. The van der Waals surface area contributed by atoms with Crippen LogP contribution in [-0.4, -0.2) is 0 Å². The maximum absolute atomic E-state index is 6.25. The highest BCUT2D eigenvalue weighted by Crippen LogP contribution is 2.41. The van der Waals surface area contributed by atoms with Gasteiger partial charge in [-0.1, -0.05) is 133 Å². The SMILES string of the molecule is c1ccc(-c2ccc(-c3ccc(N(c4cccc(-c5cc6ccccc6o5)c4)c4cccc5ccccc45)cc3)cc2)cc1. The molecule has 0 aliphatic heterocycles. The van der Waals surface area contributed by atoms with E-state index in [1.165, 1.54) is 33.0 Å². The Labute approximate surface area is 257 Å². The molecular weight excluding hydrogens is 534 g/mol. The number of furan rings is 1. The fourth-order valence-electron chi connectivity index (χ4n) is 6.04. The summed E-state index contributed by atoms with van der Waals surface area (Å²) in [6, 6.07) is 62.2. The lowest BCUT2D eigenvalue weighted by molar-refractivity contribution is 0.631. The molecule has 208 valence electrons. The summed E-state index contributed by atoms with van der Waals surface area (Å²) in [4.78, 5) is 2.34. The minimum absolute atomic E-state index is 0.861. The lowest BCUT2D eigenvalue weighted by atomic mass is 10.00. The van der Waals surface area contributed by atoms with Crippen molar-refractivity contribution in [2.45, 2.75) is 0 Å². The highest BCUT2D eigenvalue weighted by molar-refractivity contribution is 5.99. The molecule has 0 fully saturated rings. The summed E-state index contributed by atoms with van der Waals surface area (Å²) in [6.45, 7) is 0. The van der Waals surface area contributed by atoms with Gasteiger partial charge in [0, 0.05) is 27.7 Å². The summed E-state index contributed by atoms with van der Waals surface area (Å²) in [5.41, 5.74) is 10.0. The molecule has 0 unspecified atom stereocenters. The zero-order chi connectivity index (χ0) is 29.3. The molecule has 0 amide bonds. The van der Waals surface area contributed by atoms with Crippen LogP contribution in [0.25, 0.3) is 55.3 Å². The lowest BCUT2D eigenvalue weighted by Crippen LogP contribution is -2.10. The summed E-state index contributed by atoms with van der Waals surface area (Å²) in [6.07, 6.45) is 0. The average Bonchev–Trinajstić information content (AvgIpc) is 3.54. The first-order valence-electron chi connectivity index (χ1n) is 14.9. The predicted octanol–water partition coefficient (Wildman–Crippen LogP) is 12.1. The normalized spacial score (nSPS) is 11.2. The Balaban J connectivity index is 1.21. The van der Waals surface area contributed by atoms with E-state index in [1.54, 1.807) is 0 Å². The summed E-state index contributed by atoms with van der Waals surface area (Å²) >= 11 is 0. The second kappa shape index (κ2) is 11.1. The van der Waals surface area contributed by atoms with Gasteiger partial charge in [0.2, 0.25) is 0 Å². The van der Waals surface area contributed by atoms with Crippen molar-refractivity contribution in [1.29, 1.82) is 0 Å². The second-order valence-electron chi connectivity index (χ2n) is 11.0. The van der Waals surface area contributed by atoms with Crippen LogP contribution >= 0.6 is 0 Å². The van der Waals surface area contributed by atoms with E-state index in [1.807, 2.05) is 18.2 Å². The van der Waals surface area contributed by atoms with E-state index in [0.29, 0.717) is 0 Å². The molecule has 0 radical (unpaired) electrons. The van der Waals surface area contributed by atoms with E-state index < -0.39 is 0 Å². The number of benzene rings is 7. The Hall–Kier alpha value is -5.86. The third-order valence-electron chi connectivity index (χ3n) is 8.27. The standard InChI is InChI=1S/C42H29NO/c1-2-10-30(11-3-1)31-20-22-32(23-21-31)33-24-26-37(27-25-33)43(40-18-9-14-34-12-4-6-17-39(34)40)38-16-8-15-35(28-38)42-29-36-13-5-7-19-41(36)44-42/h1-29H. The van der Waals surface area contributed by atoms with Crippen molar-refractivity contribution in [3.8, 4) is 33.6 Å². The van der Waals surface area contributed by atoms with Gasteiger partial charge >= 0.3 is 0 Å². The molecule has 0 bridgehead atoms. The van der Waals surface area contributed by atoms with Crippen molar-refractivity contribution in [3.05, 3.63) is 176 Å². The molecule has 7 aromatic carbocycles. The molecule has 0 aliphatic carbocycles. The van der Waals surface area contributed by atoms with Gasteiger partial charge in [0.05, 0.1) is 5.69 Å². The highest BCUT2D eigenvalue weighted by atomic mass is 16.3. The smallest absolute Gasteiger partial charge is 0.135 e. The minimum Gasteiger partial charge on any atom is -0.456 e. The van der Waals surface area contributed by atoms with E-state index >= 15 is 0 Å². The first kappa shape index (κ1) is 25.8. The van der Waals surface area contributed by atoms with E-state index in [0.717, 1.165) is 39.4 Å². The number of para-hydroxylation sites is 1. The van der Waals surface area contributed by atoms with Crippen LogP contribution in [0.15, 0.2) is 180 Å². The summed E-state index contributed by atoms with van der Waals surface area (Å²) < 4.78 is 6.25. The van der Waals surface area contributed by atoms with Gasteiger partial charge in [-0.15, -0.1) is 0 Å². The molecule has 0 N–H and O–H groups in total. The number of rotatable bonds is 6. The van der Waals surface area contributed by atoms with Crippen molar-refractivity contribution in [1.82, 2.24) is 0 Å². The number of fused-ring (bicyclic) bond motifs is 2. The molecule has 8 rings (SSSR count). The summed E-state index contributed by atoms with van der Waals surface area (Å²) in [5.74, 6) is 0.861. The van der Waals surface area contributed by atoms with Gasteiger partial charge in [0.15, 0.2) is 0 Å². The molecule has 1 aromatic heterocycles. The van der Waals surface area contributed by atoms with E-state index in [2.05, 4.69) is 163 Å². The Bertz CT molecular complexity index is 2170. The van der Waals surface area contributed by atoms with Crippen molar-refractivity contribution < 1.29 is 4.42 Å². The molecule has 1 heterocycles. The highest BCUT2D eigenvalue weighted by Gasteiger charge is 2.17. The zero-order valence-corrected chi connectivity index (χ0v) is 24.1. The number of hydrogen-bond donors (Lipinski definition) is 0. The molecule has 0 saturated carbocycles. The maximum Gasteiger partial charge on any atom is 0.135 e. The van der Waals surface area contributed by atoms with Gasteiger partial charge in [0.1, 0.15) is 11.3 Å². The number of hydrogen-bond acceptors (Lipinski definition) is 2. The third-order valence-corrected chi connectivity index (χ3v) is 8.27. The van der Waals surface area contributed by atoms with Crippen molar-refractivity contribution in [3.63, 3.8) is 0 Å². The van der Waals surface area contributed by atoms with Crippen LogP contribution in [0, 0.1) is 0 Å². The van der Waals surface area contributed by atoms with Gasteiger partial charge in [-0.25, -0.2) is 0 Å². The van der Waals surface area contributed by atoms with Crippen LogP contribution in [0.2, 0.25) is 0 Å². The number of nitrogens with zero attached hydrogens (tertiary/aromatic N) is 1. The Morgan fingerprint density at radius 3 is 1.68 bits per heavy atom. The molecule has 0 saturated heterocycles. The average molecular weight is 564 g/mol. The fraction of sp³-hybridized carbons (Fsp3) is 0. The Morgan fingerprint density at radius 1 is 0.364 bits per heavy atom. The van der Waals surface area contributed by atoms with Crippen molar-refractivity contribution in [2.75, 3.05) is 4.90 Å². The minimum atomic E-state index is 0.861. The van der Waals surface area contributed by atoms with Crippen LogP contribution < -0.4 is 4.90 Å². The Kier molecular flexibility index (Phi) is 6.51. The van der Waals surface area contributed by atoms with E-state index in [9.17, 15) is 0 Å². The van der Waals surface area contributed by atoms with Gasteiger partial charge in [-0.3, -0.25) is 0 Å². The van der Waals surface area contributed by atoms with Crippen LogP contribution in [0.4, 0.5) is 17.1 Å². The second-order valence-corrected chi connectivity index (χ2v) is 11.0. The maximum atomic E-state index is 6.25. The Morgan fingerprint density at radius 2 is 0.932 bits per heavy atom. The predicted molar refractivity (Wildman–Crippen MR) is 185 cm³/mol. The molecule has 0 aliphatic rings. The van der Waals surface area contributed by atoms with Crippen LogP contribution in [0.5, 0.6) is 0 Å². The summed E-state index contributed by atoms with van der Waals surface area (Å²) in [7, 11) is 0. The van der Waals surface area contributed by atoms with Gasteiger partial charge in [-0.05, 0) is 70.1 Å².